The van der Waals surface area contributed by atoms with Crippen molar-refractivity contribution >= 4 is 52.0 Å². The van der Waals surface area contributed by atoms with Crippen molar-refractivity contribution in [3.63, 3.8) is 0 Å². The molecule has 2 saturated heterocycles. The van der Waals surface area contributed by atoms with E-state index in [-0.39, 0.29) is 43.7 Å². The molecule has 0 saturated carbocycles. The Morgan fingerprint density at radius 2 is 1.85 bits per heavy atom. The van der Waals surface area contributed by atoms with Crippen LogP contribution in [0.25, 0.3) is 33.4 Å². The molecular weight excluding hydrogens is 847 g/mol. The van der Waals surface area contributed by atoms with Crippen LogP contribution in [0.15, 0.2) is 41.9 Å². The van der Waals surface area contributed by atoms with Gasteiger partial charge in [-0.15, -0.1) is 11.3 Å². The van der Waals surface area contributed by atoms with Crippen LogP contribution in [0.3, 0.4) is 0 Å². The number of thiazole rings is 1. The van der Waals surface area contributed by atoms with E-state index >= 15 is 0 Å². The predicted molar refractivity (Wildman–Crippen MR) is 249 cm³/mol. The molecule has 5 amide bonds. The third-order valence-corrected chi connectivity index (χ3v) is 13.8. The molecule has 16 nitrogen and oxygen atoms in total. The van der Waals surface area contributed by atoms with Gasteiger partial charge in [-0.05, 0) is 75.3 Å². The van der Waals surface area contributed by atoms with Gasteiger partial charge in [-0.3, -0.25) is 29.2 Å². The molecule has 6 bridgehead atoms. The fourth-order valence-corrected chi connectivity index (χ4v) is 10.3. The molecule has 0 spiro atoms. The standard InChI is InChI=1S/C48H65N9O7S/c1-10-40(58)54-20-14-21-55(28-54)47(62)53(8)42(29(3)4)44(59)51-36-24-39-50-37(26-65-39)31-17-18-38-33(23-31)34(43(56(38)11-2)32-15-12-19-49-41(32)30(5)63-9)25-48(6,7)27-64-46(61)35-16-13-22-57(52-35)45(36)60/h12,15,17-19,23,26,29-30,35-36,42,52H,10-11,13-14,16,20-22,24-25,27-28H2,1-9H3,(H,51,59)/t30-,35-,36-,42-/m0/s1. The van der Waals surface area contributed by atoms with Crippen LogP contribution in [0, 0.1) is 11.3 Å². The summed E-state index contributed by atoms with van der Waals surface area (Å²) in [5.41, 5.74) is 9.26. The summed E-state index contributed by atoms with van der Waals surface area (Å²) in [4.78, 5) is 84.0. The average Bonchev–Trinajstić information content (AvgIpc) is 3.90. The van der Waals surface area contributed by atoms with Gasteiger partial charge >= 0.3 is 12.0 Å². The third-order valence-electron chi connectivity index (χ3n) is 12.9. The molecule has 0 radical (unpaired) electrons. The Hall–Kier alpha value is -5.39. The Bertz CT molecular complexity index is 2410. The highest BCUT2D eigenvalue weighted by atomic mass is 32.1. The van der Waals surface area contributed by atoms with Gasteiger partial charge in [0.1, 0.15) is 18.1 Å². The van der Waals surface area contributed by atoms with Crippen LogP contribution in [0.4, 0.5) is 4.79 Å². The SMILES string of the molecule is CCC(=O)N1CCCN(C(=O)N(C)[C@H](C(=O)N[C@H]2Cc3nc(cs3)-c3ccc4c(c3)c(c(-c3cccnc3[C@H](C)OC)n4CC)CC(C)(C)COC(=O)[C@@H]3CCCN(N3)C2=O)C(C)C)C1. The molecule has 4 aromatic rings. The lowest BCUT2D eigenvalue weighted by atomic mass is 9.84. The molecule has 3 aliphatic rings. The molecule has 350 valence electrons. The largest absolute Gasteiger partial charge is 0.464 e. The van der Waals surface area contributed by atoms with E-state index in [4.69, 9.17) is 19.4 Å². The summed E-state index contributed by atoms with van der Waals surface area (Å²) < 4.78 is 14.2. The number of hydrogen-bond donors (Lipinski definition) is 2. The highest BCUT2D eigenvalue weighted by Gasteiger charge is 2.39. The Morgan fingerprint density at radius 3 is 2.57 bits per heavy atom. The average molecular weight is 912 g/mol. The lowest BCUT2D eigenvalue weighted by Gasteiger charge is -2.40. The number of nitrogens with zero attached hydrogens (tertiary/aromatic N) is 7. The fourth-order valence-electron chi connectivity index (χ4n) is 9.47. The van der Waals surface area contributed by atoms with Crippen LogP contribution in [0.2, 0.25) is 0 Å². The molecule has 3 aromatic heterocycles. The number of hydrogen-bond acceptors (Lipinski definition) is 11. The second-order valence-electron chi connectivity index (χ2n) is 18.6. The second kappa shape index (κ2) is 20.0. The number of ether oxygens (including phenoxy) is 2. The second-order valence-corrected chi connectivity index (χ2v) is 19.6. The molecule has 0 unspecified atom stereocenters. The lowest BCUT2D eigenvalue weighted by molar-refractivity contribution is -0.155. The van der Waals surface area contributed by atoms with Gasteiger partial charge in [0.15, 0.2) is 0 Å². The van der Waals surface area contributed by atoms with E-state index in [1.807, 2.05) is 32.2 Å². The topological polar surface area (TPSA) is 172 Å². The molecule has 65 heavy (non-hydrogen) atoms. The van der Waals surface area contributed by atoms with Crippen molar-refractivity contribution in [2.75, 3.05) is 47.1 Å². The first-order chi connectivity index (χ1) is 31.0. The summed E-state index contributed by atoms with van der Waals surface area (Å²) in [6.07, 6.45) is 4.16. The van der Waals surface area contributed by atoms with Crippen LogP contribution in [-0.2, 0) is 48.0 Å². The summed E-state index contributed by atoms with van der Waals surface area (Å²) in [5.74, 6) is -1.73. The molecule has 2 fully saturated rings. The first-order valence-corrected chi connectivity index (χ1v) is 23.9. The third kappa shape index (κ3) is 10.1. The number of urea groups is 1. The molecule has 6 heterocycles. The highest BCUT2D eigenvalue weighted by molar-refractivity contribution is 7.10. The Kier molecular flexibility index (Phi) is 14.6. The number of carbonyl (C=O) groups is 5. The van der Waals surface area contributed by atoms with Crippen molar-refractivity contribution in [1.82, 2.24) is 45.0 Å². The normalized spacial score (nSPS) is 20.3. The quantitative estimate of drug-likeness (QED) is 0.185. The number of likely N-dealkylation sites (N-methyl/N-ethyl adjacent to an activating group) is 1. The van der Waals surface area contributed by atoms with Gasteiger partial charge in [0.25, 0.3) is 5.91 Å². The van der Waals surface area contributed by atoms with Crippen molar-refractivity contribution in [3.8, 4) is 22.5 Å². The van der Waals surface area contributed by atoms with Crippen molar-refractivity contribution in [2.45, 2.75) is 118 Å². The zero-order valence-corrected chi connectivity index (χ0v) is 40.1. The number of aryl methyl sites for hydroxylation is 1. The maximum Gasteiger partial charge on any atom is 0.324 e. The number of fused-ring (bicyclic) bond motifs is 6. The first kappa shape index (κ1) is 47.6. The van der Waals surface area contributed by atoms with E-state index in [2.05, 4.69) is 60.3 Å². The summed E-state index contributed by atoms with van der Waals surface area (Å²) in [6, 6.07) is 7.23. The predicted octanol–water partition coefficient (Wildman–Crippen LogP) is 6.18. The lowest BCUT2D eigenvalue weighted by Crippen LogP contribution is -2.63. The van der Waals surface area contributed by atoms with Crippen LogP contribution in [0.5, 0.6) is 0 Å². The van der Waals surface area contributed by atoms with E-state index in [9.17, 15) is 24.0 Å². The van der Waals surface area contributed by atoms with E-state index in [1.165, 1.54) is 21.2 Å². The van der Waals surface area contributed by atoms with Gasteiger partial charge in [-0.2, -0.15) is 0 Å². The number of benzene rings is 1. The van der Waals surface area contributed by atoms with Crippen molar-refractivity contribution < 1.29 is 33.4 Å². The van der Waals surface area contributed by atoms with Crippen LogP contribution >= 0.6 is 11.3 Å². The Labute approximate surface area is 386 Å². The number of pyridine rings is 1. The van der Waals surface area contributed by atoms with Crippen molar-refractivity contribution in [1.29, 1.82) is 0 Å². The first-order valence-electron chi connectivity index (χ1n) is 23.0. The number of hydrazine groups is 1. The molecule has 0 aliphatic carbocycles. The zero-order chi connectivity index (χ0) is 46.7. The molecule has 1 aromatic carbocycles. The number of rotatable bonds is 9. The van der Waals surface area contributed by atoms with E-state index in [0.29, 0.717) is 63.3 Å². The molecule has 7 rings (SSSR count). The number of nitrogens with one attached hydrogen (secondary N) is 2. The van der Waals surface area contributed by atoms with Crippen molar-refractivity contribution in [2.24, 2.45) is 11.3 Å². The van der Waals surface area contributed by atoms with Crippen LogP contribution in [0.1, 0.15) is 96.5 Å². The number of carbonyl (C=O) groups excluding carboxylic acids is 5. The number of cyclic esters (lactones) is 1. The summed E-state index contributed by atoms with van der Waals surface area (Å²) in [6.45, 7) is 16.1. The fraction of sp³-hybridized carbons (Fsp3) is 0.562. The maximum absolute atomic E-state index is 14.6. The highest BCUT2D eigenvalue weighted by Crippen LogP contribution is 2.42. The maximum atomic E-state index is 14.6. The minimum Gasteiger partial charge on any atom is -0.464 e. The van der Waals surface area contributed by atoms with Gasteiger partial charge < -0.3 is 34.1 Å². The summed E-state index contributed by atoms with van der Waals surface area (Å²) in [5, 5.41) is 8.10. The van der Waals surface area contributed by atoms with E-state index in [0.717, 1.165) is 44.7 Å². The minimum atomic E-state index is -1.09. The molecule has 3 aliphatic heterocycles. The monoisotopic (exact) mass is 911 g/mol. The molecule has 17 heteroatoms. The summed E-state index contributed by atoms with van der Waals surface area (Å²) >= 11 is 1.41. The van der Waals surface area contributed by atoms with Gasteiger partial charge in [0, 0.05) is 92.2 Å². The van der Waals surface area contributed by atoms with E-state index in [1.54, 1.807) is 37.1 Å². The summed E-state index contributed by atoms with van der Waals surface area (Å²) in [7, 11) is 3.27. The van der Waals surface area contributed by atoms with Gasteiger partial charge in [-0.25, -0.2) is 15.2 Å². The van der Waals surface area contributed by atoms with Gasteiger partial charge in [0.2, 0.25) is 11.8 Å². The zero-order valence-electron chi connectivity index (χ0n) is 39.3. The van der Waals surface area contributed by atoms with Crippen LogP contribution < -0.4 is 10.7 Å². The number of amides is 5. The smallest absolute Gasteiger partial charge is 0.324 e. The minimum absolute atomic E-state index is 0.0359. The van der Waals surface area contributed by atoms with E-state index < -0.39 is 41.3 Å². The van der Waals surface area contributed by atoms with Crippen molar-refractivity contribution in [3.05, 3.63) is 58.2 Å². The van der Waals surface area contributed by atoms with Gasteiger partial charge in [0.05, 0.1) is 41.5 Å². The van der Waals surface area contributed by atoms with Crippen LogP contribution in [-0.4, -0.2) is 129 Å². The number of esters is 1. The molecular formula is C48H65N9O7S. The Morgan fingerprint density at radius 1 is 1.08 bits per heavy atom. The Balaban J connectivity index is 1.26. The number of methoxy groups -OCH3 is 1. The molecule has 4 atom stereocenters. The van der Waals surface area contributed by atoms with Gasteiger partial charge in [-0.1, -0.05) is 40.7 Å². The molecule has 2 N–H and O–H groups in total. The number of aromatic nitrogens is 3.